The van der Waals surface area contributed by atoms with E-state index in [0.717, 1.165) is 16.8 Å². The van der Waals surface area contributed by atoms with E-state index in [2.05, 4.69) is 10.6 Å². The lowest BCUT2D eigenvalue weighted by Gasteiger charge is -2.17. The maximum atomic E-state index is 12.9. The molecule has 1 aliphatic heterocycles. The molecule has 32 heavy (non-hydrogen) atoms. The van der Waals surface area contributed by atoms with E-state index in [1.54, 1.807) is 29.2 Å². The summed E-state index contributed by atoms with van der Waals surface area (Å²) in [5.41, 5.74) is 3.71. The van der Waals surface area contributed by atoms with Gasteiger partial charge >= 0.3 is 0 Å². The van der Waals surface area contributed by atoms with Gasteiger partial charge in [-0.1, -0.05) is 60.2 Å². The molecule has 2 N–H and O–H groups in total. The van der Waals surface area contributed by atoms with Crippen LogP contribution in [0.15, 0.2) is 78.9 Å². The maximum absolute atomic E-state index is 12.9. The predicted octanol–water partition coefficient (Wildman–Crippen LogP) is 3.92. The minimum absolute atomic E-state index is 0.0807. The van der Waals surface area contributed by atoms with Crippen molar-refractivity contribution in [3.05, 3.63) is 95.6 Å². The van der Waals surface area contributed by atoms with E-state index in [0.29, 0.717) is 24.3 Å². The third-order valence-electron chi connectivity index (χ3n) is 5.57. The number of amides is 3. The Kier molecular flexibility index (Phi) is 6.31. The highest BCUT2D eigenvalue weighted by atomic mass is 16.2. The molecule has 1 aliphatic rings. The first-order chi connectivity index (χ1) is 15.5. The Bertz CT molecular complexity index is 1130. The third-order valence-corrected chi connectivity index (χ3v) is 5.57. The molecular formula is C26H25N3O3. The zero-order chi connectivity index (χ0) is 22.5. The lowest BCUT2D eigenvalue weighted by Crippen LogP contribution is -2.29. The monoisotopic (exact) mass is 427 g/mol. The van der Waals surface area contributed by atoms with E-state index in [-0.39, 0.29) is 24.1 Å². The molecular weight excluding hydrogens is 402 g/mol. The zero-order valence-corrected chi connectivity index (χ0v) is 17.9. The maximum Gasteiger partial charge on any atom is 0.253 e. The smallest absolute Gasteiger partial charge is 0.253 e. The van der Waals surface area contributed by atoms with Gasteiger partial charge in [0.25, 0.3) is 5.91 Å². The Hall–Kier alpha value is -3.93. The van der Waals surface area contributed by atoms with Crippen molar-refractivity contribution in [1.29, 1.82) is 0 Å². The SMILES string of the molecule is Cc1ccc(N2C[C@H](C(=O)Nc3ccccc3C(=O)NCc3ccccc3)CC2=O)cc1. The summed E-state index contributed by atoms with van der Waals surface area (Å²) >= 11 is 0. The van der Waals surface area contributed by atoms with Crippen LogP contribution in [-0.2, 0) is 16.1 Å². The van der Waals surface area contributed by atoms with E-state index >= 15 is 0 Å². The van der Waals surface area contributed by atoms with Gasteiger partial charge in [0.05, 0.1) is 17.2 Å². The number of benzene rings is 3. The molecule has 162 valence electrons. The van der Waals surface area contributed by atoms with Crippen molar-refractivity contribution in [3.8, 4) is 0 Å². The van der Waals surface area contributed by atoms with Gasteiger partial charge in [-0.05, 0) is 36.8 Å². The first-order valence-corrected chi connectivity index (χ1v) is 10.6. The van der Waals surface area contributed by atoms with Crippen LogP contribution in [0, 0.1) is 12.8 Å². The van der Waals surface area contributed by atoms with Crippen LogP contribution in [0.3, 0.4) is 0 Å². The fourth-order valence-corrected chi connectivity index (χ4v) is 3.76. The normalized spacial score (nSPS) is 15.5. The second-order valence-corrected chi connectivity index (χ2v) is 7.94. The van der Waals surface area contributed by atoms with Crippen LogP contribution < -0.4 is 15.5 Å². The van der Waals surface area contributed by atoms with Crippen LogP contribution in [0.5, 0.6) is 0 Å². The van der Waals surface area contributed by atoms with Gasteiger partial charge in [-0.15, -0.1) is 0 Å². The summed E-state index contributed by atoms with van der Waals surface area (Å²) in [6.07, 6.45) is 0.141. The van der Waals surface area contributed by atoms with E-state index in [4.69, 9.17) is 0 Å². The van der Waals surface area contributed by atoms with Gasteiger partial charge in [0, 0.05) is 25.2 Å². The highest BCUT2D eigenvalue weighted by Gasteiger charge is 2.35. The molecule has 0 aliphatic carbocycles. The number of carbonyl (C=O) groups is 3. The van der Waals surface area contributed by atoms with Crippen molar-refractivity contribution >= 4 is 29.1 Å². The Morgan fingerprint density at radius 1 is 0.938 bits per heavy atom. The second kappa shape index (κ2) is 9.47. The summed E-state index contributed by atoms with van der Waals surface area (Å²) in [5.74, 6) is -1.10. The summed E-state index contributed by atoms with van der Waals surface area (Å²) in [5, 5.41) is 5.74. The number of anilines is 2. The largest absolute Gasteiger partial charge is 0.348 e. The number of aryl methyl sites for hydroxylation is 1. The molecule has 6 heteroatoms. The van der Waals surface area contributed by atoms with Crippen LogP contribution in [0.25, 0.3) is 0 Å². The summed E-state index contributed by atoms with van der Waals surface area (Å²) in [6.45, 7) is 2.69. The van der Waals surface area contributed by atoms with Crippen LogP contribution in [0.1, 0.15) is 27.9 Å². The van der Waals surface area contributed by atoms with E-state index in [9.17, 15) is 14.4 Å². The van der Waals surface area contributed by atoms with Crippen molar-refractivity contribution in [3.63, 3.8) is 0 Å². The molecule has 3 aromatic carbocycles. The number of carbonyl (C=O) groups excluding carboxylic acids is 3. The van der Waals surface area contributed by atoms with Crippen LogP contribution >= 0.6 is 0 Å². The third kappa shape index (κ3) is 4.86. The van der Waals surface area contributed by atoms with Crippen molar-refractivity contribution in [2.45, 2.75) is 19.9 Å². The Morgan fingerprint density at radius 3 is 2.38 bits per heavy atom. The van der Waals surface area contributed by atoms with Crippen molar-refractivity contribution in [1.82, 2.24) is 5.32 Å². The quantitative estimate of drug-likeness (QED) is 0.626. The first kappa shape index (κ1) is 21.3. The fourth-order valence-electron chi connectivity index (χ4n) is 3.76. The standard InChI is InChI=1S/C26H25N3O3/c1-18-11-13-21(14-12-18)29-17-20(15-24(29)30)25(31)28-23-10-6-5-9-22(23)26(32)27-16-19-7-3-2-4-8-19/h2-14,20H,15-17H2,1H3,(H,27,32)(H,28,31)/t20-/m1/s1. The molecule has 0 spiro atoms. The molecule has 0 saturated carbocycles. The van der Waals surface area contributed by atoms with Gasteiger partial charge in [-0.3, -0.25) is 14.4 Å². The minimum Gasteiger partial charge on any atom is -0.348 e. The van der Waals surface area contributed by atoms with Crippen molar-refractivity contribution < 1.29 is 14.4 Å². The van der Waals surface area contributed by atoms with Crippen LogP contribution in [-0.4, -0.2) is 24.3 Å². The molecule has 3 amide bonds. The highest BCUT2D eigenvalue weighted by Crippen LogP contribution is 2.27. The van der Waals surface area contributed by atoms with Crippen molar-refractivity contribution in [2.24, 2.45) is 5.92 Å². The van der Waals surface area contributed by atoms with Crippen LogP contribution in [0.2, 0.25) is 0 Å². The number of nitrogens with zero attached hydrogens (tertiary/aromatic N) is 1. The topological polar surface area (TPSA) is 78.5 Å². The molecule has 0 unspecified atom stereocenters. The number of nitrogens with one attached hydrogen (secondary N) is 2. The first-order valence-electron chi connectivity index (χ1n) is 10.6. The molecule has 1 heterocycles. The molecule has 1 fully saturated rings. The fraction of sp³-hybridized carbons (Fsp3) is 0.192. The summed E-state index contributed by atoms with van der Waals surface area (Å²) in [4.78, 5) is 39.8. The average molecular weight is 428 g/mol. The Labute approximate surface area is 187 Å². The molecule has 1 saturated heterocycles. The van der Waals surface area contributed by atoms with Crippen LogP contribution in [0.4, 0.5) is 11.4 Å². The molecule has 1 atom stereocenters. The van der Waals surface area contributed by atoms with Gasteiger partial charge in [-0.25, -0.2) is 0 Å². The molecule has 3 aromatic rings. The number of rotatable bonds is 6. The lowest BCUT2D eigenvalue weighted by molar-refractivity contribution is -0.122. The summed E-state index contributed by atoms with van der Waals surface area (Å²) in [6, 6.07) is 24.2. The van der Waals surface area contributed by atoms with Gasteiger partial charge in [-0.2, -0.15) is 0 Å². The second-order valence-electron chi connectivity index (χ2n) is 7.94. The molecule has 0 radical (unpaired) electrons. The lowest BCUT2D eigenvalue weighted by atomic mass is 10.1. The number of hydrogen-bond acceptors (Lipinski definition) is 3. The van der Waals surface area contributed by atoms with E-state index in [1.807, 2.05) is 61.5 Å². The predicted molar refractivity (Wildman–Crippen MR) is 124 cm³/mol. The number of hydrogen-bond donors (Lipinski definition) is 2. The summed E-state index contributed by atoms with van der Waals surface area (Å²) in [7, 11) is 0. The molecule has 6 nitrogen and oxygen atoms in total. The summed E-state index contributed by atoms with van der Waals surface area (Å²) < 4.78 is 0. The van der Waals surface area contributed by atoms with Gasteiger partial charge in [0.1, 0.15) is 0 Å². The average Bonchev–Trinajstić information content (AvgIpc) is 3.21. The zero-order valence-electron chi connectivity index (χ0n) is 17.9. The van der Waals surface area contributed by atoms with Gasteiger partial charge in [0.15, 0.2) is 0 Å². The van der Waals surface area contributed by atoms with E-state index < -0.39 is 5.92 Å². The number of para-hydroxylation sites is 1. The molecule has 0 bridgehead atoms. The van der Waals surface area contributed by atoms with Gasteiger partial charge in [0.2, 0.25) is 11.8 Å². The Morgan fingerprint density at radius 2 is 1.62 bits per heavy atom. The van der Waals surface area contributed by atoms with E-state index in [1.165, 1.54) is 0 Å². The minimum atomic E-state index is -0.482. The molecule has 4 rings (SSSR count). The Balaban J connectivity index is 1.42. The van der Waals surface area contributed by atoms with Gasteiger partial charge < -0.3 is 15.5 Å². The van der Waals surface area contributed by atoms with Crippen molar-refractivity contribution in [2.75, 3.05) is 16.8 Å². The molecule has 0 aromatic heterocycles. The highest BCUT2D eigenvalue weighted by molar-refractivity contribution is 6.07.